The summed E-state index contributed by atoms with van der Waals surface area (Å²) in [7, 11) is -3.11. The molecule has 1 N–H and O–H groups in total. The molecule has 0 aliphatic carbocycles. The standard InChI is InChI=1S/C20H23N3O3S/c24-20(12-21-18-7-9-27(25,26)14-18)23-8-3-6-17(13-23)19-10-15-4-1-2-5-16(15)11-22-19/h1-2,4-5,7,9-11,17-18,21H,3,6,8,12-14H2/t17-,18-/m1/s1. The van der Waals surface area contributed by atoms with Crippen LogP contribution in [0.25, 0.3) is 10.8 Å². The summed E-state index contributed by atoms with van der Waals surface area (Å²) in [4.78, 5) is 19.1. The summed E-state index contributed by atoms with van der Waals surface area (Å²) in [5.74, 6) is 0.279. The van der Waals surface area contributed by atoms with Gasteiger partial charge in [0.05, 0.1) is 12.3 Å². The van der Waals surface area contributed by atoms with E-state index in [4.69, 9.17) is 0 Å². The summed E-state index contributed by atoms with van der Waals surface area (Å²) in [5, 5.41) is 6.55. The number of piperidine rings is 1. The molecular formula is C20H23N3O3S. The van der Waals surface area contributed by atoms with Gasteiger partial charge in [0.15, 0.2) is 9.84 Å². The number of hydrogen-bond donors (Lipinski definition) is 1. The van der Waals surface area contributed by atoms with Crippen molar-refractivity contribution in [3.05, 3.63) is 53.7 Å². The smallest absolute Gasteiger partial charge is 0.236 e. The third kappa shape index (κ3) is 4.20. The Hall–Kier alpha value is -2.25. The predicted octanol–water partition coefficient (Wildman–Crippen LogP) is 1.84. The molecule has 1 amide bonds. The number of sulfone groups is 1. The van der Waals surface area contributed by atoms with E-state index in [1.165, 1.54) is 10.8 Å². The second kappa shape index (κ2) is 7.40. The summed E-state index contributed by atoms with van der Waals surface area (Å²) >= 11 is 0. The SMILES string of the molecule is O=C(CN[C@@H]1C=CS(=O)(=O)C1)N1CCC[C@@H](c2cc3ccccc3cn2)C1. The van der Waals surface area contributed by atoms with Crippen molar-refractivity contribution in [1.29, 1.82) is 0 Å². The molecule has 7 heteroatoms. The Bertz CT molecular complexity index is 987. The first kappa shape index (κ1) is 18.1. The van der Waals surface area contributed by atoms with Gasteiger partial charge >= 0.3 is 0 Å². The molecule has 4 rings (SSSR count). The highest BCUT2D eigenvalue weighted by Gasteiger charge is 2.27. The lowest BCUT2D eigenvalue weighted by Gasteiger charge is -2.33. The minimum absolute atomic E-state index is 0.0122. The van der Waals surface area contributed by atoms with Crippen LogP contribution in [0.2, 0.25) is 0 Å². The summed E-state index contributed by atoms with van der Waals surface area (Å²) in [5.41, 5.74) is 1.03. The van der Waals surface area contributed by atoms with Crippen LogP contribution in [0.3, 0.4) is 0 Å². The molecular weight excluding hydrogens is 362 g/mol. The fourth-order valence-corrected chi connectivity index (χ4v) is 5.07. The van der Waals surface area contributed by atoms with Crippen LogP contribution in [0.15, 0.2) is 48.0 Å². The maximum absolute atomic E-state index is 12.6. The Balaban J connectivity index is 1.38. The Morgan fingerprint density at radius 2 is 2.07 bits per heavy atom. The van der Waals surface area contributed by atoms with E-state index in [0.717, 1.165) is 30.5 Å². The zero-order chi connectivity index (χ0) is 18.9. The van der Waals surface area contributed by atoms with Crippen LogP contribution in [0.5, 0.6) is 0 Å². The number of likely N-dealkylation sites (tertiary alicyclic amines) is 1. The van der Waals surface area contributed by atoms with Crippen molar-refractivity contribution in [3.63, 3.8) is 0 Å². The number of nitrogens with zero attached hydrogens (tertiary/aromatic N) is 2. The first-order chi connectivity index (χ1) is 13.0. The van der Waals surface area contributed by atoms with Crippen molar-refractivity contribution in [2.75, 3.05) is 25.4 Å². The molecule has 0 bridgehead atoms. The van der Waals surface area contributed by atoms with Gasteiger partial charge in [-0.2, -0.15) is 0 Å². The van der Waals surface area contributed by atoms with Crippen LogP contribution < -0.4 is 5.32 Å². The number of aromatic nitrogens is 1. The van der Waals surface area contributed by atoms with E-state index < -0.39 is 9.84 Å². The number of carbonyl (C=O) groups is 1. The molecule has 0 radical (unpaired) electrons. The minimum atomic E-state index is -3.11. The van der Waals surface area contributed by atoms with Crippen molar-refractivity contribution in [3.8, 4) is 0 Å². The quantitative estimate of drug-likeness (QED) is 0.869. The molecule has 1 saturated heterocycles. The van der Waals surface area contributed by atoms with Crippen molar-refractivity contribution in [2.45, 2.75) is 24.8 Å². The largest absolute Gasteiger partial charge is 0.341 e. The minimum Gasteiger partial charge on any atom is -0.341 e. The van der Waals surface area contributed by atoms with E-state index in [9.17, 15) is 13.2 Å². The fourth-order valence-electron chi connectivity index (χ4n) is 3.80. The Morgan fingerprint density at radius 1 is 1.26 bits per heavy atom. The normalized spacial score (nSPS) is 24.4. The topological polar surface area (TPSA) is 79.4 Å². The van der Waals surface area contributed by atoms with E-state index in [1.807, 2.05) is 29.3 Å². The number of hydrogen-bond acceptors (Lipinski definition) is 5. The average Bonchev–Trinajstić information content (AvgIpc) is 3.04. The van der Waals surface area contributed by atoms with E-state index in [0.29, 0.717) is 6.54 Å². The van der Waals surface area contributed by atoms with E-state index in [-0.39, 0.29) is 30.2 Å². The van der Waals surface area contributed by atoms with Crippen molar-refractivity contribution in [1.82, 2.24) is 15.2 Å². The Labute approximate surface area is 159 Å². The highest BCUT2D eigenvalue weighted by atomic mass is 32.2. The van der Waals surface area contributed by atoms with Gasteiger partial charge in [0.1, 0.15) is 0 Å². The third-order valence-corrected chi connectivity index (χ3v) is 6.69. The zero-order valence-electron chi connectivity index (χ0n) is 15.0. The van der Waals surface area contributed by atoms with Crippen molar-refractivity contribution in [2.24, 2.45) is 0 Å². The molecule has 2 aromatic rings. The molecule has 3 heterocycles. The highest BCUT2D eigenvalue weighted by Crippen LogP contribution is 2.27. The lowest BCUT2D eigenvalue weighted by Crippen LogP contribution is -2.45. The zero-order valence-corrected chi connectivity index (χ0v) is 15.9. The molecule has 0 spiro atoms. The number of amides is 1. The van der Waals surface area contributed by atoms with Crippen LogP contribution in [0.1, 0.15) is 24.5 Å². The number of carbonyl (C=O) groups excluding carboxylic acids is 1. The lowest BCUT2D eigenvalue weighted by molar-refractivity contribution is -0.131. The molecule has 1 aromatic heterocycles. The maximum atomic E-state index is 12.6. The number of rotatable bonds is 4. The summed E-state index contributed by atoms with van der Waals surface area (Å²) in [6.07, 6.45) is 5.48. The predicted molar refractivity (Wildman–Crippen MR) is 105 cm³/mol. The Morgan fingerprint density at radius 3 is 2.85 bits per heavy atom. The molecule has 27 heavy (non-hydrogen) atoms. The molecule has 1 aromatic carbocycles. The van der Waals surface area contributed by atoms with E-state index in [1.54, 1.807) is 6.08 Å². The summed E-state index contributed by atoms with van der Waals surface area (Å²) < 4.78 is 22.9. The molecule has 6 nitrogen and oxygen atoms in total. The molecule has 0 saturated carbocycles. The average molecular weight is 385 g/mol. The van der Waals surface area contributed by atoms with Crippen LogP contribution >= 0.6 is 0 Å². The monoisotopic (exact) mass is 385 g/mol. The number of benzene rings is 1. The van der Waals surface area contributed by atoms with Gasteiger partial charge < -0.3 is 10.2 Å². The van der Waals surface area contributed by atoms with Gasteiger partial charge in [-0.1, -0.05) is 30.3 Å². The Kier molecular flexibility index (Phi) is 4.97. The first-order valence-electron chi connectivity index (χ1n) is 9.27. The van der Waals surface area contributed by atoms with Crippen LogP contribution in [0.4, 0.5) is 0 Å². The van der Waals surface area contributed by atoms with Crippen molar-refractivity contribution >= 4 is 26.5 Å². The lowest BCUT2D eigenvalue weighted by atomic mass is 9.93. The van der Waals surface area contributed by atoms with Gasteiger partial charge in [0, 0.05) is 47.7 Å². The molecule has 142 valence electrons. The van der Waals surface area contributed by atoms with Gasteiger partial charge in [-0.15, -0.1) is 0 Å². The summed E-state index contributed by atoms with van der Waals surface area (Å²) in [6, 6.07) is 10.0. The molecule has 2 atom stereocenters. The second-order valence-electron chi connectivity index (χ2n) is 7.28. The summed E-state index contributed by atoms with van der Waals surface area (Å²) in [6.45, 7) is 1.55. The molecule has 2 aliphatic rings. The maximum Gasteiger partial charge on any atom is 0.236 e. The van der Waals surface area contributed by atoms with Gasteiger partial charge in [-0.05, 0) is 24.3 Å². The van der Waals surface area contributed by atoms with Crippen LogP contribution in [-0.2, 0) is 14.6 Å². The molecule has 0 unspecified atom stereocenters. The fraction of sp³-hybridized carbons (Fsp3) is 0.400. The van der Waals surface area contributed by atoms with Crippen LogP contribution in [0, 0.1) is 0 Å². The van der Waals surface area contributed by atoms with Crippen LogP contribution in [-0.4, -0.2) is 55.6 Å². The third-order valence-electron chi connectivity index (χ3n) is 5.29. The van der Waals surface area contributed by atoms with E-state index in [2.05, 4.69) is 22.4 Å². The first-order valence-corrected chi connectivity index (χ1v) is 11.0. The van der Waals surface area contributed by atoms with E-state index >= 15 is 0 Å². The second-order valence-corrected chi connectivity index (χ2v) is 9.21. The number of pyridine rings is 1. The van der Waals surface area contributed by atoms with Crippen molar-refractivity contribution < 1.29 is 13.2 Å². The molecule has 1 fully saturated rings. The van der Waals surface area contributed by atoms with Gasteiger partial charge in [-0.25, -0.2) is 8.42 Å². The van der Waals surface area contributed by atoms with Gasteiger partial charge in [-0.3, -0.25) is 9.78 Å². The number of fused-ring (bicyclic) bond motifs is 1. The number of nitrogens with one attached hydrogen (secondary N) is 1. The highest BCUT2D eigenvalue weighted by molar-refractivity contribution is 7.94. The molecule has 2 aliphatic heterocycles. The van der Waals surface area contributed by atoms with Gasteiger partial charge in [0.2, 0.25) is 5.91 Å². The van der Waals surface area contributed by atoms with Gasteiger partial charge in [0.25, 0.3) is 0 Å².